The lowest BCUT2D eigenvalue weighted by Gasteiger charge is -2.39. The summed E-state index contributed by atoms with van der Waals surface area (Å²) in [6, 6.07) is 4.05. The molecule has 0 saturated carbocycles. The van der Waals surface area contributed by atoms with Crippen LogP contribution >= 0.6 is 11.6 Å². The number of nitro benzene ring substituents is 1. The highest BCUT2D eigenvalue weighted by Gasteiger charge is 2.30. The van der Waals surface area contributed by atoms with Gasteiger partial charge < -0.3 is 10.2 Å². The normalized spacial score (nSPS) is 22.6. The van der Waals surface area contributed by atoms with Crippen molar-refractivity contribution in [1.82, 2.24) is 10.2 Å². The Hall–Kier alpha value is -1.66. The Labute approximate surface area is 121 Å². The second kappa shape index (κ2) is 5.76. The maximum atomic E-state index is 12.6. The van der Waals surface area contributed by atoms with Crippen molar-refractivity contribution in [1.29, 1.82) is 0 Å². The van der Waals surface area contributed by atoms with Gasteiger partial charge in [-0.05, 0) is 19.9 Å². The molecule has 0 aliphatic carbocycles. The first-order valence-corrected chi connectivity index (χ1v) is 6.76. The fraction of sp³-hybridized carbons (Fsp3) is 0.462. The first kappa shape index (κ1) is 14.7. The number of carbonyl (C=O) groups excluding carboxylic acids is 1. The first-order chi connectivity index (χ1) is 9.40. The average molecular weight is 298 g/mol. The second-order valence-electron chi connectivity index (χ2n) is 5.02. The van der Waals surface area contributed by atoms with Gasteiger partial charge in [0.05, 0.1) is 4.92 Å². The van der Waals surface area contributed by atoms with E-state index < -0.39 is 4.92 Å². The fourth-order valence-electron chi connectivity index (χ4n) is 2.48. The summed E-state index contributed by atoms with van der Waals surface area (Å²) in [5.41, 5.74) is 0.0843. The Bertz CT molecular complexity index is 540. The van der Waals surface area contributed by atoms with E-state index in [1.165, 1.54) is 18.2 Å². The number of piperazine rings is 1. The molecule has 1 heterocycles. The van der Waals surface area contributed by atoms with Crippen molar-refractivity contribution in [2.75, 3.05) is 13.1 Å². The number of hydrogen-bond donors (Lipinski definition) is 1. The van der Waals surface area contributed by atoms with Crippen molar-refractivity contribution in [3.63, 3.8) is 0 Å². The zero-order valence-corrected chi connectivity index (χ0v) is 12.1. The number of carbonyl (C=O) groups is 1. The van der Waals surface area contributed by atoms with Gasteiger partial charge in [0.15, 0.2) is 0 Å². The molecule has 0 radical (unpaired) electrons. The Morgan fingerprint density at radius 3 is 2.50 bits per heavy atom. The molecule has 1 N–H and O–H groups in total. The molecule has 1 amide bonds. The van der Waals surface area contributed by atoms with E-state index in [2.05, 4.69) is 5.32 Å². The number of benzene rings is 1. The van der Waals surface area contributed by atoms with Crippen molar-refractivity contribution >= 4 is 23.2 Å². The minimum Gasteiger partial charge on any atom is -0.331 e. The summed E-state index contributed by atoms with van der Waals surface area (Å²) in [4.78, 5) is 24.6. The molecule has 0 bridgehead atoms. The van der Waals surface area contributed by atoms with Crippen LogP contribution in [0.1, 0.15) is 24.2 Å². The number of amides is 1. The Morgan fingerprint density at radius 2 is 1.95 bits per heavy atom. The van der Waals surface area contributed by atoms with E-state index in [-0.39, 0.29) is 34.3 Å². The highest BCUT2D eigenvalue weighted by molar-refractivity contribution is 6.31. The van der Waals surface area contributed by atoms with Crippen LogP contribution in [-0.2, 0) is 0 Å². The van der Waals surface area contributed by atoms with Crippen LogP contribution in [0.15, 0.2) is 18.2 Å². The van der Waals surface area contributed by atoms with E-state index in [1.807, 2.05) is 13.8 Å². The van der Waals surface area contributed by atoms with Crippen LogP contribution in [0.3, 0.4) is 0 Å². The molecule has 1 aliphatic heterocycles. The summed E-state index contributed by atoms with van der Waals surface area (Å²) < 4.78 is 0. The van der Waals surface area contributed by atoms with Gasteiger partial charge in [0.1, 0.15) is 0 Å². The Balaban J connectivity index is 2.35. The molecule has 1 saturated heterocycles. The number of nitrogens with one attached hydrogen (secondary N) is 1. The van der Waals surface area contributed by atoms with Crippen molar-refractivity contribution in [2.24, 2.45) is 0 Å². The van der Waals surface area contributed by atoms with E-state index in [9.17, 15) is 14.9 Å². The second-order valence-corrected chi connectivity index (χ2v) is 5.46. The Kier molecular flexibility index (Phi) is 4.25. The third kappa shape index (κ3) is 2.91. The summed E-state index contributed by atoms with van der Waals surface area (Å²) in [5, 5.41) is 14.3. The van der Waals surface area contributed by atoms with Crippen LogP contribution < -0.4 is 5.32 Å². The molecule has 0 aromatic heterocycles. The summed E-state index contributed by atoms with van der Waals surface area (Å²) in [6.45, 7) is 5.30. The van der Waals surface area contributed by atoms with Gasteiger partial charge in [-0.1, -0.05) is 11.6 Å². The quantitative estimate of drug-likeness (QED) is 0.670. The lowest BCUT2D eigenvalue weighted by atomic mass is 10.1. The van der Waals surface area contributed by atoms with Crippen LogP contribution in [0.5, 0.6) is 0 Å². The van der Waals surface area contributed by atoms with Crippen LogP contribution in [0.2, 0.25) is 5.02 Å². The lowest BCUT2D eigenvalue weighted by molar-refractivity contribution is -0.384. The van der Waals surface area contributed by atoms with Crippen LogP contribution in [0.25, 0.3) is 0 Å². The molecule has 6 nitrogen and oxygen atoms in total. The molecule has 1 fully saturated rings. The van der Waals surface area contributed by atoms with Crippen LogP contribution in [0.4, 0.5) is 5.69 Å². The van der Waals surface area contributed by atoms with Crippen molar-refractivity contribution in [3.05, 3.63) is 38.9 Å². The van der Waals surface area contributed by atoms with Crippen molar-refractivity contribution in [2.45, 2.75) is 25.9 Å². The zero-order valence-electron chi connectivity index (χ0n) is 11.3. The van der Waals surface area contributed by atoms with E-state index in [1.54, 1.807) is 4.90 Å². The number of nitro groups is 1. The van der Waals surface area contributed by atoms with Gasteiger partial charge in [0, 0.05) is 47.9 Å². The first-order valence-electron chi connectivity index (χ1n) is 6.38. The highest BCUT2D eigenvalue weighted by atomic mass is 35.5. The van der Waals surface area contributed by atoms with Crippen molar-refractivity contribution < 1.29 is 9.72 Å². The molecule has 1 aromatic rings. The van der Waals surface area contributed by atoms with Gasteiger partial charge in [-0.2, -0.15) is 0 Å². The predicted molar refractivity (Wildman–Crippen MR) is 76.1 cm³/mol. The topological polar surface area (TPSA) is 75.5 Å². The van der Waals surface area contributed by atoms with Gasteiger partial charge in [0.2, 0.25) is 0 Å². The van der Waals surface area contributed by atoms with E-state index in [0.29, 0.717) is 13.1 Å². The van der Waals surface area contributed by atoms with Gasteiger partial charge in [0.25, 0.3) is 11.6 Å². The maximum absolute atomic E-state index is 12.6. The van der Waals surface area contributed by atoms with E-state index in [4.69, 9.17) is 11.6 Å². The number of nitrogens with zero attached hydrogens (tertiary/aromatic N) is 2. The van der Waals surface area contributed by atoms with Gasteiger partial charge in [-0.15, -0.1) is 0 Å². The number of non-ortho nitro benzene ring substituents is 1. The van der Waals surface area contributed by atoms with Gasteiger partial charge >= 0.3 is 0 Å². The monoisotopic (exact) mass is 297 g/mol. The van der Waals surface area contributed by atoms with Crippen LogP contribution in [0, 0.1) is 10.1 Å². The van der Waals surface area contributed by atoms with Gasteiger partial charge in [-0.25, -0.2) is 0 Å². The number of halogens is 1. The minimum atomic E-state index is -0.548. The van der Waals surface area contributed by atoms with E-state index in [0.717, 1.165) is 0 Å². The third-order valence-electron chi connectivity index (χ3n) is 3.40. The molecule has 0 spiro atoms. The highest BCUT2D eigenvalue weighted by Crippen LogP contribution is 2.23. The molecule has 20 heavy (non-hydrogen) atoms. The average Bonchev–Trinajstić information content (AvgIpc) is 2.37. The predicted octanol–water partition coefficient (Wildman–Crippen LogP) is 2.07. The van der Waals surface area contributed by atoms with Crippen molar-refractivity contribution in [3.8, 4) is 0 Å². The molecular formula is C13H16ClN3O3. The number of hydrogen-bond acceptors (Lipinski definition) is 4. The summed E-state index contributed by atoms with van der Waals surface area (Å²) in [6.07, 6.45) is 0. The smallest absolute Gasteiger partial charge is 0.271 e. The number of rotatable bonds is 2. The zero-order chi connectivity index (χ0) is 14.9. The molecule has 2 rings (SSSR count). The van der Waals surface area contributed by atoms with E-state index >= 15 is 0 Å². The largest absolute Gasteiger partial charge is 0.331 e. The molecule has 1 aromatic carbocycles. The summed E-state index contributed by atoms with van der Waals surface area (Å²) in [7, 11) is 0. The van der Waals surface area contributed by atoms with Crippen LogP contribution in [-0.4, -0.2) is 40.9 Å². The Morgan fingerprint density at radius 1 is 1.35 bits per heavy atom. The fourth-order valence-corrected chi connectivity index (χ4v) is 2.71. The maximum Gasteiger partial charge on any atom is 0.271 e. The van der Waals surface area contributed by atoms with Gasteiger partial charge in [-0.3, -0.25) is 14.9 Å². The third-order valence-corrected chi connectivity index (χ3v) is 3.62. The molecule has 108 valence electrons. The molecular weight excluding hydrogens is 282 g/mol. The molecule has 7 heteroatoms. The lowest BCUT2D eigenvalue weighted by Crippen LogP contribution is -2.57. The molecule has 2 unspecified atom stereocenters. The molecule has 2 atom stereocenters. The molecule has 1 aliphatic rings. The summed E-state index contributed by atoms with van der Waals surface area (Å²) in [5.74, 6) is -0.225. The minimum absolute atomic E-state index is 0.0317. The summed E-state index contributed by atoms with van der Waals surface area (Å²) >= 11 is 5.86. The standard InChI is InChI=1S/C13H16ClN3O3/c1-8-6-15-7-9(2)16(8)13(18)10-3-11(14)5-12(4-10)17(19)20/h3-5,8-9,15H,6-7H2,1-2H3. The SMILES string of the molecule is CC1CNCC(C)N1C(=O)c1cc(Cl)cc([N+](=O)[O-])c1.